The van der Waals surface area contributed by atoms with Gasteiger partial charge >= 0.3 is 0 Å². The van der Waals surface area contributed by atoms with Crippen LogP contribution in [0, 0.1) is 28.6 Å². The maximum atomic E-state index is 13.2. The third-order valence-corrected chi connectivity index (χ3v) is 5.35. The molecule has 1 aliphatic carbocycles. The molecule has 4 heteroatoms. The van der Waals surface area contributed by atoms with Crippen molar-refractivity contribution >= 4 is 17.9 Å². The highest BCUT2D eigenvalue weighted by Gasteiger charge is 2.30. The summed E-state index contributed by atoms with van der Waals surface area (Å²) in [5.74, 6) is 0.821. The van der Waals surface area contributed by atoms with Gasteiger partial charge in [-0.2, -0.15) is 10.5 Å². The van der Waals surface area contributed by atoms with Crippen LogP contribution < -0.4 is 0 Å². The molecule has 1 heterocycles. The molecule has 142 valence electrons. The van der Waals surface area contributed by atoms with Crippen molar-refractivity contribution in [3.63, 3.8) is 0 Å². The first-order valence-corrected chi connectivity index (χ1v) is 9.83. The molecule has 0 aromatic heterocycles. The zero-order chi connectivity index (χ0) is 20.2. The number of carbonyl (C=O) groups excluding carboxylic acids is 1. The Balaban J connectivity index is 1.63. The number of likely N-dealkylation sites (tertiary alicyclic amines) is 1. The third kappa shape index (κ3) is 4.69. The van der Waals surface area contributed by atoms with Crippen molar-refractivity contribution in [2.24, 2.45) is 5.92 Å². The third-order valence-electron chi connectivity index (χ3n) is 5.35. The van der Waals surface area contributed by atoms with Gasteiger partial charge in [-0.1, -0.05) is 24.3 Å². The molecule has 0 spiro atoms. The summed E-state index contributed by atoms with van der Waals surface area (Å²) >= 11 is 0. The van der Waals surface area contributed by atoms with Gasteiger partial charge in [-0.3, -0.25) is 9.69 Å². The topological polar surface area (TPSA) is 67.9 Å². The maximum absolute atomic E-state index is 13.2. The smallest absolute Gasteiger partial charge is 0.187 e. The Labute approximate surface area is 171 Å². The fraction of sp³-hybridized carbons (Fsp3) is 0.240. The minimum Gasteiger partial charge on any atom is -0.294 e. The monoisotopic (exact) mass is 379 g/mol. The first kappa shape index (κ1) is 18.9. The summed E-state index contributed by atoms with van der Waals surface area (Å²) in [6, 6.07) is 18.8. The number of carbonyl (C=O) groups is 1. The number of piperidine rings is 1. The van der Waals surface area contributed by atoms with Crippen LogP contribution in [-0.4, -0.2) is 30.3 Å². The van der Waals surface area contributed by atoms with Crippen LogP contribution in [0.5, 0.6) is 0 Å². The number of nitrogens with zero attached hydrogens (tertiary/aromatic N) is 3. The molecule has 0 amide bonds. The van der Waals surface area contributed by atoms with E-state index < -0.39 is 0 Å². The second-order valence-electron chi connectivity index (χ2n) is 7.75. The SMILES string of the molecule is N#Cc1ccc(/C=C2/CN(CC3CC3)C/C(=C\c3ccc(C#N)cc3)C2=O)cc1. The van der Waals surface area contributed by atoms with E-state index in [9.17, 15) is 4.79 Å². The molecule has 4 rings (SSSR count). The number of nitriles is 2. The molecular formula is C25H21N3O. The lowest BCUT2D eigenvalue weighted by Gasteiger charge is -2.29. The zero-order valence-corrected chi connectivity index (χ0v) is 16.1. The second-order valence-corrected chi connectivity index (χ2v) is 7.75. The molecule has 2 aromatic carbocycles. The fourth-order valence-electron chi connectivity index (χ4n) is 3.61. The highest BCUT2D eigenvalue weighted by Crippen LogP contribution is 2.32. The number of benzene rings is 2. The van der Waals surface area contributed by atoms with E-state index in [2.05, 4.69) is 17.0 Å². The summed E-state index contributed by atoms with van der Waals surface area (Å²) in [6.07, 6.45) is 6.42. The molecule has 1 aliphatic heterocycles. The van der Waals surface area contributed by atoms with Gasteiger partial charge in [0.05, 0.1) is 23.3 Å². The summed E-state index contributed by atoms with van der Waals surface area (Å²) in [4.78, 5) is 15.5. The Morgan fingerprint density at radius 3 is 1.66 bits per heavy atom. The maximum Gasteiger partial charge on any atom is 0.187 e. The minimum atomic E-state index is 0.0748. The van der Waals surface area contributed by atoms with Gasteiger partial charge in [-0.25, -0.2) is 0 Å². The molecule has 4 nitrogen and oxygen atoms in total. The molecule has 2 fully saturated rings. The number of ketones is 1. The Morgan fingerprint density at radius 2 is 1.28 bits per heavy atom. The summed E-state index contributed by atoms with van der Waals surface area (Å²) in [7, 11) is 0. The Hall–Kier alpha value is -3.47. The first-order valence-electron chi connectivity index (χ1n) is 9.83. The van der Waals surface area contributed by atoms with E-state index in [1.54, 1.807) is 24.3 Å². The largest absolute Gasteiger partial charge is 0.294 e. The van der Waals surface area contributed by atoms with Crippen molar-refractivity contribution in [2.75, 3.05) is 19.6 Å². The first-order chi connectivity index (χ1) is 14.1. The van der Waals surface area contributed by atoms with Crippen LogP contribution in [0.25, 0.3) is 12.2 Å². The van der Waals surface area contributed by atoms with E-state index >= 15 is 0 Å². The van der Waals surface area contributed by atoms with Gasteiger partial charge in [-0.15, -0.1) is 0 Å². The lowest BCUT2D eigenvalue weighted by molar-refractivity contribution is -0.113. The van der Waals surface area contributed by atoms with Gasteiger partial charge in [0.2, 0.25) is 0 Å². The van der Waals surface area contributed by atoms with Crippen LogP contribution in [0.2, 0.25) is 0 Å². The molecule has 0 radical (unpaired) electrons. The predicted molar refractivity (Wildman–Crippen MR) is 112 cm³/mol. The molecule has 0 N–H and O–H groups in total. The van der Waals surface area contributed by atoms with Crippen LogP contribution in [0.15, 0.2) is 59.7 Å². The molecule has 1 saturated heterocycles. The second kappa shape index (κ2) is 8.27. The average Bonchev–Trinajstić information content (AvgIpc) is 3.56. The van der Waals surface area contributed by atoms with E-state index in [0.717, 1.165) is 34.7 Å². The quantitative estimate of drug-likeness (QED) is 0.747. The van der Waals surface area contributed by atoms with Crippen molar-refractivity contribution in [1.82, 2.24) is 4.90 Å². The van der Waals surface area contributed by atoms with E-state index in [-0.39, 0.29) is 5.78 Å². The summed E-state index contributed by atoms with van der Waals surface area (Å²) in [5.41, 5.74) is 4.64. The summed E-state index contributed by atoms with van der Waals surface area (Å²) < 4.78 is 0. The standard InChI is InChI=1S/C25H21N3O/c26-13-20-5-1-18(2-6-20)11-23-16-28(15-22-9-10-22)17-24(25(23)29)12-19-3-7-21(14-27)8-4-19/h1-8,11-12,22H,9-10,15-17H2/b23-11-,24-12+. The molecule has 2 aliphatic rings. The highest BCUT2D eigenvalue weighted by atomic mass is 16.1. The molecule has 0 bridgehead atoms. The van der Waals surface area contributed by atoms with Crippen LogP contribution >= 0.6 is 0 Å². The van der Waals surface area contributed by atoms with Gasteiger partial charge in [0.15, 0.2) is 5.78 Å². The van der Waals surface area contributed by atoms with Crippen LogP contribution in [0.4, 0.5) is 0 Å². The van der Waals surface area contributed by atoms with Crippen molar-refractivity contribution < 1.29 is 4.79 Å². The van der Waals surface area contributed by atoms with E-state index in [0.29, 0.717) is 24.2 Å². The molecule has 1 saturated carbocycles. The number of Topliss-reactive ketones (excluding diaryl/α,β-unsaturated/α-hetero) is 1. The zero-order valence-electron chi connectivity index (χ0n) is 16.1. The number of hydrogen-bond donors (Lipinski definition) is 0. The molecule has 0 unspecified atom stereocenters. The van der Waals surface area contributed by atoms with E-state index in [1.165, 1.54) is 12.8 Å². The normalized spacial score (nSPS) is 19.9. The van der Waals surface area contributed by atoms with Crippen molar-refractivity contribution in [1.29, 1.82) is 10.5 Å². The molecule has 29 heavy (non-hydrogen) atoms. The molecule has 0 atom stereocenters. The van der Waals surface area contributed by atoms with Gasteiger partial charge in [0, 0.05) is 30.8 Å². The van der Waals surface area contributed by atoms with Gasteiger partial charge in [-0.05, 0) is 66.3 Å². The molecular weight excluding hydrogens is 358 g/mol. The average molecular weight is 379 g/mol. The summed E-state index contributed by atoms with van der Waals surface area (Å²) in [5, 5.41) is 17.9. The van der Waals surface area contributed by atoms with Crippen LogP contribution in [0.1, 0.15) is 35.1 Å². The van der Waals surface area contributed by atoms with Crippen molar-refractivity contribution in [3.05, 3.63) is 81.9 Å². The van der Waals surface area contributed by atoms with Gasteiger partial charge < -0.3 is 0 Å². The lowest BCUT2D eigenvalue weighted by Crippen LogP contribution is -2.38. The summed E-state index contributed by atoms with van der Waals surface area (Å²) in [6.45, 7) is 2.32. The fourth-order valence-corrected chi connectivity index (χ4v) is 3.61. The minimum absolute atomic E-state index is 0.0748. The van der Waals surface area contributed by atoms with Crippen molar-refractivity contribution in [3.8, 4) is 12.1 Å². The van der Waals surface area contributed by atoms with Gasteiger partial charge in [0.1, 0.15) is 0 Å². The van der Waals surface area contributed by atoms with E-state index in [4.69, 9.17) is 10.5 Å². The van der Waals surface area contributed by atoms with Crippen LogP contribution in [-0.2, 0) is 4.79 Å². The van der Waals surface area contributed by atoms with Gasteiger partial charge in [0.25, 0.3) is 0 Å². The van der Waals surface area contributed by atoms with Crippen molar-refractivity contribution in [2.45, 2.75) is 12.8 Å². The van der Waals surface area contributed by atoms with Crippen LogP contribution in [0.3, 0.4) is 0 Å². The Morgan fingerprint density at radius 1 is 0.828 bits per heavy atom. The lowest BCUT2D eigenvalue weighted by atomic mass is 9.93. The number of rotatable bonds is 4. The highest BCUT2D eigenvalue weighted by molar-refractivity contribution is 6.14. The number of hydrogen-bond acceptors (Lipinski definition) is 4. The Kier molecular flexibility index (Phi) is 5.38. The molecule has 2 aromatic rings. The van der Waals surface area contributed by atoms with E-state index in [1.807, 2.05) is 36.4 Å². The Bertz CT molecular complexity index is 980. The predicted octanol–water partition coefficient (Wildman–Crippen LogP) is 4.19.